The highest BCUT2D eigenvalue weighted by molar-refractivity contribution is 5.87. The predicted octanol–water partition coefficient (Wildman–Crippen LogP) is 2.76. The third-order valence-electron chi connectivity index (χ3n) is 4.73. The van der Waals surface area contributed by atoms with E-state index >= 15 is 0 Å². The van der Waals surface area contributed by atoms with Crippen molar-refractivity contribution in [3.8, 4) is 5.69 Å². The summed E-state index contributed by atoms with van der Waals surface area (Å²) in [4.78, 5) is 13.1. The van der Waals surface area contributed by atoms with Gasteiger partial charge >= 0.3 is 0 Å². The number of nitrogens with zero attached hydrogens (tertiary/aromatic N) is 1. The largest absolute Gasteiger partial charge is 0.454 e. The lowest BCUT2D eigenvalue weighted by Crippen LogP contribution is -2.22. The minimum atomic E-state index is -0.227. The molecule has 0 aliphatic carbocycles. The van der Waals surface area contributed by atoms with Crippen molar-refractivity contribution in [3.05, 3.63) is 76.1 Å². The summed E-state index contributed by atoms with van der Waals surface area (Å²) in [5.74, 6) is 0.405. The van der Waals surface area contributed by atoms with Crippen LogP contribution in [0.4, 0.5) is 5.69 Å². The van der Waals surface area contributed by atoms with E-state index in [2.05, 4.69) is 17.6 Å². The number of anilines is 1. The summed E-state index contributed by atoms with van der Waals surface area (Å²) < 4.78 is 7.26. The number of nitrogens with two attached hydrogens (primary N) is 2. The summed E-state index contributed by atoms with van der Waals surface area (Å²) in [6.07, 6.45) is 6.25. The quantitative estimate of drug-likeness (QED) is 0.205. The molecule has 162 valence electrons. The Balaban J connectivity index is 1.95. The number of rotatable bonds is 9. The van der Waals surface area contributed by atoms with Crippen LogP contribution >= 0.6 is 0 Å². The molecule has 8 heteroatoms. The van der Waals surface area contributed by atoms with Gasteiger partial charge in [0.25, 0.3) is 5.56 Å². The second-order valence-electron chi connectivity index (χ2n) is 7.11. The SMILES string of the molecule is CCNCCNc1ccc(-n2ccc3oc(/C(N)=C/C=C(/C)N)cc3c2=O)cc1C=N. The molecule has 2 aromatic heterocycles. The van der Waals surface area contributed by atoms with Crippen molar-refractivity contribution in [2.75, 3.05) is 25.0 Å². The molecular weight excluding hydrogens is 392 g/mol. The minimum Gasteiger partial charge on any atom is -0.454 e. The highest BCUT2D eigenvalue weighted by Crippen LogP contribution is 2.22. The van der Waals surface area contributed by atoms with E-state index in [0.29, 0.717) is 39.4 Å². The van der Waals surface area contributed by atoms with Gasteiger partial charge < -0.3 is 31.9 Å². The smallest absolute Gasteiger partial charge is 0.266 e. The van der Waals surface area contributed by atoms with E-state index in [1.165, 1.54) is 10.8 Å². The topological polar surface area (TPSA) is 135 Å². The molecule has 8 nitrogen and oxygen atoms in total. The van der Waals surface area contributed by atoms with E-state index in [1.54, 1.807) is 43.5 Å². The van der Waals surface area contributed by atoms with Crippen LogP contribution in [0, 0.1) is 5.41 Å². The first-order chi connectivity index (χ1) is 14.9. The molecule has 31 heavy (non-hydrogen) atoms. The average molecular weight is 421 g/mol. The van der Waals surface area contributed by atoms with Crippen molar-refractivity contribution >= 4 is 28.6 Å². The third kappa shape index (κ3) is 5.04. The Kier molecular flexibility index (Phi) is 6.94. The second kappa shape index (κ2) is 9.82. The van der Waals surface area contributed by atoms with Gasteiger partial charge in [0, 0.05) is 48.1 Å². The van der Waals surface area contributed by atoms with Crippen molar-refractivity contribution < 1.29 is 4.42 Å². The molecule has 0 amide bonds. The van der Waals surface area contributed by atoms with Crippen molar-refractivity contribution in [1.29, 1.82) is 5.41 Å². The minimum absolute atomic E-state index is 0.227. The fourth-order valence-corrected chi connectivity index (χ4v) is 3.13. The summed E-state index contributed by atoms with van der Waals surface area (Å²) in [7, 11) is 0. The van der Waals surface area contributed by atoms with Crippen LogP contribution in [-0.2, 0) is 0 Å². The number of aromatic nitrogens is 1. The summed E-state index contributed by atoms with van der Waals surface area (Å²) >= 11 is 0. The Bertz CT molecular complexity index is 1200. The van der Waals surface area contributed by atoms with Crippen molar-refractivity contribution in [2.45, 2.75) is 13.8 Å². The maximum atomic E-state index is 13.1. The Morgan fingerprint density at radius 3 is 2.71 bits per heavy atom. The van der Waals surface area contributed by atoms with E-state index in [-0.39, 0.29) is 5.56 Å². The van der Waals surface area contributed by atoms with E-state index in [4.69, 9.17) is 21.3 Å². The number of benzene rings is 1. The lowest BCUT2D eigenvalue weighted by molar-refractivity contribution is 0.597. The Morgan fingerprint density at radius 1 is 1.19 bits per heavy atom. The molecule has 0 fully saturated rings. The highest BCUT2D eigenvalue weighted by atomic mass is 16.3. The van der Waals surface area contributed by atoms with Crippen LogP contribution in [0.25, 0.3) is 22.4 Å². The number of nitrogens with one attached hydrogen (secondary N) is 3. The summed E-state index contributed by atoms with van der Waals surface area (Å²) in [6.45, 7) is 6.28. The van der Waals surface area contributed by atoms with Crippen molar-refractivity contribution in [1.82, 2.24) is 9.88 Å². The summed E-state index contributed by atoms with van der Waals surface area (Å²) in [5.41, 5.74) is 15.1. The molecule has 0 saturated heterocycles. The zero-order chi connectivity index (χ0) is 22.4. The van der Waals surface area contributed by atoms with Gasteiger partial charge in [0.15, 0.2) is 5.76 Å². The fraction of sp³-hybridized carbons (Fsp3) is 0.217. The molecule has 0 saturated carbocycles. The van der Waals surface area contributed by atoms with Crippen LogP contribution in [0.15, 0.2) is 63.6 Å². The van der Waals surface area contributed by atoms with Crippen LogP contribution in [0.1, 0.15) is 25.2 Å². The Hall–Kier alpha value is -3.78. The first-order valence-electron chi connectivity index (χ1n) is 10.1. The van der Waals surface area contributed by atoms with Gasteiger partial charge in [-0.2, -0.15) is 0 Å². The normalized spacial score (nSPS) is 12.3. The summed E-state index contributed by atoms with van der Waals surface area (Å²) in [5, 5.41) is 14.7. The molecule has 0 radical (unpaired) electrons. The van der Waals surface area contributed by atoms with Crippen molar-refractivity contribution in [3.63, 3.8) is 0 Å². The molecular formula is C23H28N6O2. The van der Waals surface area contributed by atoms with Crippen LogP contribution in [-0.4, -0.2) is 30.4 Å². The molecule has 0 atom stereocenters. The lowest BCUT2D eigenvalue weighted by atomic mass is 10.1. The van der Waals surface area contributed by atoms with Crippen LogP contribution in [0.3, 0.4) is 0 Å². The van der Waals surface area contributed by atoms with Gasteiger partial charge in [-0.25, -0.2) is 0 Å². The number of hydrogen-bond acceptors (Lipinski definition) is 7. The molecule has 2 heterocycles. The zero-order valence-corrected chi connectivity index (χ0v) is 17.7. The molecule has 0 aliphatic rings. The second-order valence-corrected chi connectivity index (χ2v) is 7.11. The molecule has 3 aromatic rings. The van der Waals surface area contributed by atoms with Gasteiger partial charge in [0.2, 0.25) is 0 Å². The molecule has 1 aromatic carbocycles. The van der Waals surface area contributed by atoms with E-state index in [1.807, 2.05) is 12.1 Å². The van der Waals surface area contributed by atoms with Crippen LogP contribution < -0.4 is 27.7 Å². The molecule has 0 aliphatic heterocycles. The highest BCUT2D eigenvalue weighted by Gasteiger charge is 2.12. The third-order valence-corrected chi connectivity index (χ3v) is 4.73. The van der Waals surface area contributed by atoms with E-state index in [9.17, 15) is 4.79 Å². The van der Waals surface area contributed by atoms with Crippen LogP contribution in [0.2, 0.25) is 0 Å². The molecule has 0 spiro atoms. The lowest BCUT2D eigenvalue weighted by Gasteiger charge is -2.12. The number of hydrogen-bond donors (Lipinski definition) is 5. The summed E-state index contributed by atoms with van der Waals surface area (Å²) in [6, 6.07) is 8.89. The molecule has 0 bridgehead atoms. The molecule has 3 rings (SSSR count). The van der Waals surface area contributed by atoms with Gasteiger partial charge in [-0.05, 0) is 56.0 Å². The first-order valence-corrected chi connectivity index (χ1v) is 10.1. The number of furan rings is 1. The molecule has 7 N–H and O–H groups in total. The maximum absolute atomic E-state index is 13.1. The number of fused-ring (bicyclic) bond motifs is 1. The van der Waals surface area contributed by atoms with Gasteiger partial charge in [0.1, 0.15) is 5.58 Å². The van der Waals surface area contributed by atoms with Gasteiger partial charge in [-0.15, -0.1) is 0 Å². The average Bonchev–Trinajstić information content (AvgIpc) is 3.21. The fourth-order valence-electron chi connectivity index (χ4n) is 3.13. The Labute approximate surface area is 180 Å². The van der Waals surface area contributed by atoms with Gasteiger partial charge in [0.05, 0.1) is 11.1 Å². The van der Waals surface area contributed by atoms with Gasteiger partial charge in [-0.1, -0.05) is 6.92 Å². The van der Waals surface area contributed by atoms with Crippen molar-refractivity contribution in [2.24, 2.45) is 11.5 Å². The molecule has 0 unspecified atom stereocenters. The maximum Gasteiger partial charge on any atom is 0.266 e. The number of pyridine rings is 1. The standard InChI is InChI=1S/C23H28N6O2/c1-3-27-9-10-28-20-7-5-17(12-16(20)14-24)29-11-8-21-18(23(29)30)13-22(31-21)19(26)6-4-15(2)25/h4-8,11-14,24,27-28H,3,9-10,25-26H2,1-2H3/b15-4-,19-6-,24-14?. The van der Waals surface area contributed by atoms with E-state index in [0.717, 1.165) is 25.3 Å². The monoisotopic (exact) mass is 420 g/mol. The zero-order valence-electron chi connectivity index (χ0n) is 17.7. The van der Waals surface area contributed by atoms with Crippen LogP contribution in [0.5, 0.6) is 0 Å². The predicted molar refractivity (Wildman–Crippen MR) is 127 cm³/mol. The number of likely N-dealkylation sites (N-methyl/N-ethyl adjacent to an activating group) is 1. The van der Waals surface area contributed by atoms with Gasteiger partial charge in [-0.3, -0.25) is 9.36 Å². The van der Waals surface area contributed by atoms with E-state index < -0.39 is 0 Å². The number of allylic oxidation sites excluding steroid dienone is 3. The Morgan fingerprint density at radius 2 is 2.00 bits per heavy atom. The first kappa shape index (κ1) is 21.9.